The average molecular weight is 218 g/mol. The number of likely N-dealkylation sites (N-methyl/N-ethyl adjacent to an activating group) is 1. The van der Waals surface area contributed by atoms with E-state index in [-0.39, 0.29) is 0 Å². The predicted molar refractivity (Wildman–Crippen MR) is 70.4 cm³/mol. The first-order valence-corrected chi connectivity index (χ1v) is 6.21. The minimum atomic E-state index is 0.684. The van der Waals surface area contributed by atoms with Crippen LogP contribution < -0.4 is 10.2 Å². The second-order valence-corrected chi connectivity index (χ2v) is 4.88. The lowest BCUT2D eigenvalue weighted by atomic mass is 9.99. The van der Waals surface area contributed by atoms with Gasteiger partial charge in [0.15, 0.2) is 0 Å². The van der Waals surface area contributed by atoms with Gasteiger partial charge < -0.3 is 10.2 Å². The Morgan fingerprint density at radius 1 is 1.44 bits per heavy atom. The average Bonchev–Trinajstić information content (AvgIpc) is 2.55. The Morgan fingerprint density at radius 2 is 2.25 bits per heavy atom. The molecule has 0 bridgehead atoms. The van der Waals surface area contributed by atoms with Crippen molar-refractivity contribution in [3.05, 3.63) is 29.3 Å². The first-order valence-electron chi connectivity index (χ1n) is 6.21. The van der Waals surface area contributed by atoms with Crippen LogP contribution in [0.1, 0.15) is 30.4 Å². The molecule has 1 atom stereocenters. The van der Waals surface area contributed by atoms with Gasteiger partial charge in [-0.25, -0.2) is 0 Å². The van der Waals surface area contributed by atoms with Crippen LogP contribution in [0.15, 0.2) is 18.2 Å². The lowest BCUT2D eigenvalue weighted by molar-refractivity contribution is 0.723. The molecule has 1 aromatic rings. The van der Waals surface area contributed by atoms with E-state index in [1.165, 1.54) is 29.7 Å². The molecule has 2 heteroatoms. The Kier molecular flexibility index (Phi) is 3.49. The molecule has 1 N–H and O–H groups in total. The zero-order valence-corrected chi connectivity index (χ0v) is 10.6. The van der Waals surface area contributed by atoms with Gasteiger partial charge in [0.25, 0.3) is 0 Å². The van der Waals surface area contributed by atoms with Gasteiger partial charge in [0.2, 0.25) is 0 Å². The van der Waals surface area contributed by atoms with Crippen LogP contribution in [-0.4, -0.2) is 27.2 Å². The molecule has 0 spiro atoms. The quantitative estimate of drug-likeness (QED) is 0.781. The molecule has 0 saturated carbocycles. The van der Waals surface area contributed by atoms with Gasteiger partial charge in [0.05, 0.1) is 0 Å². The summed E-state index contributed by atoms with van der Waals surface area (Å²) in [5, 5.41) is 3.20. The van der Waals surface area contributed by atoms with Crippen molar-refractivity contribution in [1.82, 2.24) is 5.32 Å². The van der Waals surface area contributed by atoms with E-state index >= 15 is 0 Å². The molecule has 1 aliphatic heterocycles. The van der Waals surface area contributed by atoms with Crippen LogP contribution >= 0.6 is 0 Å². The summed E-state index contributed by atoms with van der Waals surface area (Å²) in [7, 11) is 4.20. The second kappa shape index (κ2) is 4.88. The Bertz CT molecular complexity index is 360. The Morgan fingerprint density at radius 3 is 3.00 bits per heavy atom. The zero-order chi connectivity index (χ0) is 11.5. The fourth-order valence-electron chi connectivity index (χ4n) is 2.58. The summed E-state index contributed by atoms with van der Waals surface area (Å²) < 4.78 is 0. The summed E-state index contributed by atoms with van der Waals surface area (Å²) >= 11 is 0. The maximum Gasteiger partial charge on any atom is 0.0399 e. The van der Waals surface area contributed by atoms with Gasteiger partial charge in [-0.2, -0.15) is 0 Å². The first kappa shape index (κ1) is 11.5. The highest BCUT2D eigenvalue weighted by Crippen LogP contribution is 2.35. The molecule has 16 heavy (non-hydrogen) atoms. The summed E-state index contributed by atoms with van der Waals surface area (Å²) in [6.07, 6.45) is 2.41. The van der Waals surface area contributed by atoms with Crippen LogP contribution in [0.5, 0.6) is 0 Å². The highest BCUT2D eigenvalue weighted by atomic mass is 15.1. The third-order valence-electron chi connectivity index (χ3n) is 3.47. The minimum Gasteiger partial charge on any atom is -0.374 e. The Balaban J connectivity index is 2.10. The van der Waals surface area contributed by atoms with Gasteiger partial charge in [0.1, 0.15) is 0 Å². The molecule has 0 amide bonds. The van der Waals surface area contributed by atoms with Crippen molar-refractivity contribution in [3.63, 3.8) is 0 Å². The van der Waals surface area contributed by atoms with Gasteiger partial charge in [0, 0.05) is 25.2 Å². The van der Waals surface area contributed by atoms with E-state index in [4.69, 9.17) is 0 Å². The zero-order valence-electron chi connectivity index (χ0n) is 10.6. The molecule has 0 radical (unpaired) electrons. The van der Waals surface area contributed by atoms with Crippen LogP contribution in [-0.2, 0) is 6.42 Å². The van der Waals surface area contributed by atoms with E-state index in [9.17, 15) is 0 Å². The predicted octanol–water partition coefficient (Wildman–Crippen LogP) is 2.39. The molecule has 0 aromatic heterocycles. The molecule has 1 unspecified atom stereocenters. The second-order valence-electron chi connectivity index (χ2n) is 4.88. The van der Waals surface area contributed by atoms with E-state index in [1.54, 1.807) is 0 Å². The maximum atomic E-state index is 3.20. The largest absolute Gasteiger partial charge is 0.374 e. The Hall–Kier alpha value is -1.02. The van der Waals surface area contributed by atoms with Crippen molar-refractivity contribution < 1.29 is 0 Å². The van der Waals surface area contributed by atoms with E-state index in [0.29, 0.717) is 5.92 Å². The van der Waals surface area contributed by atoms with Crippen molar-refractivity contribution in [3.8, 4) is 0 Å². The third-order valence-corrected chi connectivity index (χ3v) is 3.47. The fourth-order valence-corrected chi connectivity index (χ4v) is 2.58. The van der Waals surface area contributed by atoms with Gasteiger partial charge in [-0.3, -0.25) is 0 Å². The van der Waals surface area contributed by atoms with Crippen LogP contribution in [0, 0.1) is 0 Å². The molecule has 1 aliphatic rings. The number of fused-ring (bicyclic) bond motifs is 1. The standard InChI is InChI=1S/C14H22N2/c1-11-10-16(3)14-7-6-12(9-13(11)14)5-4-8-15-2/h6-7,9,11,15H,4-5,8,10H2,1-3H3. The molecule has 88 valence electrons. The topological polar surface area (TPSA) is 15.3 Å². The van der Waals surface area contributed by atoms with E-state index in [1.807, 2.05) is 7.05 Å². The lowest BCUT2D eigenvalue weighted by Gasteiger charge is -2.12. The van der Waals surface area contributed by atoms with E-state index in [0.717, 1.165) is 13.1 Å². The molecule has 0 fully saturated rings. The van der Waals surface area contributed by atoms with Crippen molar-refractivity contribution in [2.75, 3.05) is 32.1 Å². The number of aryl methyl sites for hydroxylation is 1. The summed E-state index contributed by atoms with van der Waals surface area (Å²) in [5.74, 6) is 0.684. The number of hydrogen-bond acceptors (Lipinski definition) is 2. The number of benzene rings is 1. The van der Waals surface area contributed by atoms with Gasteiger partial charge >= 0.3 is 0 Å². The molecule has 2 nitrogen and oxygen atoms in total. The van der Waals surface area contributed by atoms with Crippen LogP contribution in [0.25, 0.3) is 0 Å². The molecule has 0 aliphatic carbocycles. The summed E-state index contributed by atoms with van der Waals surface area (Å²) in [6.45, 7) is 4.58. The van der Waals surface area contributed by atoms with E-state index in [2.05, 4.69) is 42.4 Å². The van der Waals surface area contributed by atoms with Crippen LogP contribution in [0.2, 0.25) is 0 Å². The normalized spacial score (nSPS) is 18.9. The molecule has 0 saturated heterocycles. The van der Waals surface area contributed by atoms with Crippen molar-refractivity contribution in [2.24, 2.45) is 0 Å². The monoisotopic (exact) mass is 218 g/mol. The highest BCUT2D eigenvalue weighted by molar-refractivity contribution is 5.60. The molecule has 1 aromatic carbocycles. The fraction of sp³-hybridized carbons (Fsp3) is 0.571. The molecular formula is C14H22N2. The van der Waals surface area contributed by atoms with Gasteiger partial charge in [-0.15, -0.1) is 0 Å². The highest BCUT2D eigenvalue weighted by Gasteiger charge is 2.22. The minimum absolute atomic E-state index is 0.684. The van der Waals surface area contributed by atoms with E-state index < -0.39 is 0 Å². The molecular weight excluding hydrogens is 196 g/mol. The van der Waals surface area contributed by atoms with Gasteiger partial charge in [-0.1, -0.05) is 19.1 Å². The number of nitrogens with one attached hydrogen (secondary N) is 1. The number of rotatable bonds is 4. The molecule has 1 heterocycles. The van der Waals surface area contributed by atoms with Crippen LogP contribution in [0.4, 0.5) is 5.69 Å². The van der Waals surface area contributed by atoms with Crippen molar-refractivity contribution in [2.45, 2.75) is 25.7 Å². The number of nitrogens with zero attached hydrogens (tertiary/aromatic N) is 1. The summed E-state index contributed by atoms with van der Waals surface area (Å²) in [4.78, 5) is 2.36. The Labute approximate surface area is 98.7 Å². The van der Waals surface area contributed by atoms with Crippen molar-refractivity contribution >= 4 is 5.69 Å². The number of hydrogen-bond donors (Lipinski definition) is 1. The summed E-state index contributed by atoms with van der Waals surface area (Å²) in [5.41, 5.74) is 4.44. The smallest absolute Gasteiger partial charge is 0.0399 e. The number of anilines is 1. The first-order chi connectivity index (χ1) is 7.72. The van der Waals surface area contributed by atoms with Crippen molar-refractivity contribution in [1.29, 1.82) is 0 Å². The summed E-state index contributed by atoms with van der Waals surface area (Å²) in [6, 6.07) is 6.97. The lowest BCUT2D eigenvalue weighted by Crippen LogP contribution is -2.13. The maximum absolute atomic E-state index is 3.20. The van der Waals surface area contributed by atoms with Gasteiger partial charge in [-0.05, 0) is 43.6 Å². The van der Waals surface area contributed by atoms with Crippen LogP contribution in [0.3, 0.4) is 0 Å². The SMILES string of the molecule is CNCCCc1ccc2c(c1)C(C)CN2C. The molecule has 2 rings (SSSR count). The third kappa shape index (κ3) is 2.22.